The first-order valence-electron chi connectivity index (χ1n) is 21.8. The second-order valence-corrected chi connectivity index (χ2v) is 14.8. The Morgan fingerprint density at radius 3 is 1.12 bits per heavy atom. The molecule has 0 N–H and O–H groups in total. The van der Waals surface area contributed by atoms with E-state index in [9.17, 15) is 4.79 Å². The van der Waals surface area contributed by atoms with Crippen molar-refractivity contribution in [2.24, 2.45) is 0 Å². The fourth-order valence-electron chi connectivity index (χ4n) is 6.21. The highest BCUT2D eigenvalue weighted by Crippen LogP contribution is 2.14. The van der Waals surface area contributed by atoms with E-state index in [4.69, 9.17) is 4.74 Å². The lowest BCUT2D eigenvalue weighted by Crippen LogP contribution is -2.34. The zero-order valence-electron chi connectivity index (χ0n) is 34.2. The number of rotatable bonds is 38. The minimum absolute atomic E-state index is 0.0992. The number of amides is 1. The lowest BCUT2D eigenvalue weighted by Gasteiger charge is -2.22. The van der Waals surface area contributed by atoms with Gasteiger partial charge >= 0.3 is 6.09 Å². The smallest absolute Gasteiger partial charge is 0.409 e. The van der Waals surface area contributed by atoms with Crippen LogP contribution in [0.4, 0.5) is 4.79 Å². The topological polar surface area (TPSA) is 32.8 Å². The van der Waals surface area contributed by atoms with Crippen molar-refractivity contribution in [3.05, 3.63) is 48.6 Å². The summed E-state index contributed by atoms with van der Waals surface area (Å²) in [6.45, 7) is 7.69. The second-order valence-electron chi connectivity index (χ2n) is 14.8. The fourth-order valence-corrected chi connectivity index (χ4v) is 6.21. The Hall–Kier alpha value is -1.81. The number of allylic oxidation sites excluding steroid dienone is 8. The molecular formula is C46H86N2O2. The summed E-state index contributed by atoms with van der Waals surface area (Å²) in [5.74, 6) is 0. The first-order chi connectivity index (χ1) is 24.6. The lowest BCUT2D eigenvalue weighted by molar-refractivity contribution is 0.0976. The molecule has 0 aliphatic heterocycles. The van der Waals surface area contributed by atoms with Crippen LogP contribution >= 0.6 is 0 Å². The van der Waals surface area contributed by atoms with Gasteiger partial charge in [-0.15, -0.1) is 0 Å². The van der Waals surface area contributed by atoms with Crippen molar-refractivity contribution in [3.8, 4) is 0 Å². The van der Waals surface area contributed by atoms with Crippen molar-refractivity contribution in [1.82, 2.24) is 9.80 Å². The monoisotopic (exact) mass is 699 g/mol. The van der Waals surface area contributed by atoms with Crippen LogP contribution in [0.1, 0.15) is 200 Å². The third-order valence-corrected chi connectivity index (χ3v) is 9.49. The second kappa shape index (κ2) is 41.6. The molecule has 1 amide bonds. The van der Waals surface area contributed by atoms with Crippen LogP contribution in [-0.2, 0) is 4.74 Å². The molecule has 0 fully saturated rings. The van der Waals surface area contributed by atoms with Gasteiger partial charge in [-0.2, -0.15) is 0 Å². The predicted octanol–water partition coefficient (Wildman–Crippen LogP) is 14.6. The molecule has 0 aromatic heterocycles. The van der Waals surface area contributed by atoms with Gasteiger partial charge in [-0.25, -0.2) is 4.79 Å². The Labute approximate surface area is 313 Å². The van der Waals surface area contributed by atoms with Gasteiger partial charge in [0.1, 0.15) is 0 Å². The molecule has 0 saturated heterocycles. The Morgan fingerprint density at radius 2 is 0.760 bits per heavy atom. The van der Waals surface area contributed by atoms with E-state index in [1.807, 2.05) is 4.90 Å². The highest BCUT2D eigenvalue weighted by molar-refractivity contribution is 5.67. The summed E-state index contributed by atoms with van der Waals surface area (Å²) in [6, 6.07) is 0. The molecule has 4 heteroatoms. The number of carbonyl (C=O) groups is 1. The van der Waals surface area contributed by atoms with Crippen molar-refractivity contribution < 1.29 is 9.53 Å². The Balaban J connectivity index is 3.96. The van der Waals surface area contributed by atoms with Gasteiger partial charge in [0.05, 0.1) is 6.61 Å². The fraction of sp³-hybridized carbons (Fsp3) is 0.804. The Bertz CT molecular complexity index is 748. The highest BCUT2D eigenvalue weighted by Gasteiger charge is 2.14. The van der Waals surface area contributed by atoms with E-state index < -0.39 is 0 Å². The number of nitrogens with zero attached hydrogens (tertiary/aromatic N) is 2. The van der Waals surface area contributed by atoms with Gasteiger partial charge in [-0.3, -0.25) is 0 Å². The maximum Gasteiger partial charge on any atom is 0.409 e. The number of unbranched alkanes of at least 4 members (excludes halogenated alkanes) is 22. The molecule has 0 aromatic rings. The summed E-state index contributed by atoms with van der Waals surface area (Å²) in [6.07, 6.45) is 55.1. The third kappa shape index (κ3) is 39.0. The van der Waals surface area contributed by atoms with Gasteiger partial charge in [0.25, 0.3) is 0 Å². The molecule has 0 heterocycles. The van der Waals surface area contributed by atoms with Crippen molar-refractivity contribution in [2.75, 3.05) is 40.3 Å². The molecule has 0 unspecified atom stereocenters. The summed E-state index contributed by atoms with van der Waals surface area (Å²) in [4.78, 5) is 17.0. The molecule has 0 radical (unpaired) electrons. The maximum atomic E-state index is 12.9. The van der Waals surface area contributed by atoms with E-state index in [1.54, 1.807) is 0 Å². The van der Waals surface area contributed by atoms with Crippen LogP contribution in [0.5, 0.6) is 0 Å². The highest BCUT2D eigenvalue weighted by atomic mass is 16.6. The average Bonchev–Trinajstić information content (AvgIpc) is 3.11. The zero-order valence-corrected chi connectivity index (χ0v) is 34.2. The number of hydrogen-bond donors (Lipinski definition) is 0. The summed E-state index contributed by atoms with van der Waals surface area (Å²) in [5.41, 5.74) is 0. The number of ether oxygens (including phenoxy) is 1. The van der Waals surface area contributed by atoms with Crippen LogP contribution in [0, 0.1) is 0 Å². The molecule has 0 atom stereocenters. The van der Waals surface area contributed by atoms with Gasteiger partial charge in [-0.05, 0) is 97.6 Å². The van der Waals surface area contributed by atoms with Gasteiger partial charge < -0.3 is 14.5 Å². The number of hydrogen-bond acceptors (Lipinski definition) is 3. The molecule has 0 aliphatic rings. The molecule has 0 aromatic carbocycles. The molecule has 0 bridgehead atoms. The van der Waals surface area contributed by atoms with Crippen molar-refractivity contribution in [3.63, 3.8) is 0 Å². The zero-order chi connectivity index (χ0) is 36.4. The van der Waals surface area contributed by atoms with E-state index in [0.717, 1.165) is 51.7 Å². The van der Waals surface area contributed by atoms with Crippen LogP contribution in [0.2, 0.25) is 0 Å². The SMILES string of the molecule is CCCCCC=CCC=CCCCCCCCCCCN(CCCCCCCCCCC=CCC=CCCCCC)C(=O)OCCCN(C)C. The van der Waals surface area contributed by atoms with Gasteiger partial charge in [-0.1, -0.05) is 165 Å². The van der Waals surface area contributed by atoms with Crippen molar-refractivity contribution in [1.29, 1.82) is 0 Å². The summed E-state index contributed by atoms with van der Waals surface area (Å²) < 4.78 is 5.67. The van der Waals surface area contributed by atoms with Crippen LogP contribution in [0.25, 0.3) is 0 Å². The number of carbonyl (C=O) groups excluding carboxylic acids is 1. The predicted molar refractivity (Wildman–Crippen MR) is 223 cm³/mol. The van der Waals surface area contributed by atoms with Crippen LogP contribution in [0.15, 0.2) is 48.6 Å². The Morgan fingerprint density at radius 1 is 0.420 bits per heavy atom. The minimum Gasteiger partial charge on any atom is -0.449 e. The average molecular weight is 699 g/mol. The molecule has 0 rings (SSSR count). The van der Waals surface area contributed by atoms with Gasteiger partial charge in [0.15, 0.2) is 0 Å². The first-order valence-corrected chi connectivity index (χ1v) is 21.8. The van der Waals surface area contributed by atoms with E-state index in [0.29, 0.717) is 6.61 Å². The quantitative estimate of drug-likeness (QED) is 0.0475. The van der Waals surface area contributed by atoms with E-state index in [-0.39, 0.29) is 6.09 Å². The normalized spacial score (nSPS) is 12.2. The van der Waals surface area contributed by atoms with Crippen molar-refractivity contribution >= 4 is 6.09 Å². The Kier molecular flexibility index (Phi) is 40.1. The van der Waals surface area contributed by atoms with E-state index in [2.05, 4.69) is 81.5 Å². The molecular weight excluding hydrogens is 613 g/mol. The molecule has 0 spiro atoms. The standard InChI is InChI=1S/C46H86N2O2/c1-5-7-9-11-13-15-17-19-21-23-25-27-29-31-33-35-37-39-43-48(46(49)50-45-41-42-47(3)4)44-40-38-36-34-32-30-28-26-24-22-20-18-16-14-12-10-8-6-2/h13-16,19-22H,5-12,17-18,23-45H2,1-4H3. The lowest BCUT2D eigenvalue weighted by atomic mass is 10.1. The molecule has 292 valence electrons. The maximum absolute atomic E-state index is 12.9. The van der Waals surface area contributed by atoms with Gasteiger partial charge in [0.2, 0.25) is 0 Å². The van der Waals surface area contributed by atoms with E-state index >= 15 is 0 Å². The summed E-state index contributed by atoms with van der Waals surface area (Å²) in [5, 5.41) is 0. The van der Waals surface area contributed by atoms with E-state index in [1.165, 1.54) is 154 Å². The largest absolute Gasteiger partial charge is 0.449 e. The molecule has 0 saturated carbocycles. The van der Waals surface area contributed by atoms with Crippen molar-refractivity contribution in [2.45, 2.75) is 200 Å². The third-order valence-electron chi connectivity index (χ3n) is 9.49. The van der Waals surface area contributed by atoms with Crippen LogP contribution < -0.4 is 0 Å². The summed E-state index contributed by atoms with van der Waals surface area (Å²) >= 11 is 0. The van der Waals surface area contributed by atoms with Crippen LogP contribution in [-0.4, -0.2) is 56.2 Å². The van der Waals surface area contributed by atoms with Gasteiger partial charge in [0, 0.05) is 19.6 Å². The van der Waals surface area contributed by atoms with Crippen LogP contribution in [0.3, 0.4) is 0 Å². The molecule has 4 nitrogen and oxygen atoms in total. The first kappa shape index (κ1) is 48.2. The molecule has 50 heavy (non-hydrogen) atoms. The summed E-state index contributed by atoms with van der Waals surface area (Å²) in [7, 11) is 4.13. The molecule has 0 aliphatic carbocycles. The minimum atomic E-state index is -0.0992.